The van der Waals surface area contributed by atoms with E-state index in [1.54, 1.807) is 0 Å². The van der Waals surface area contributed by atoms with Gasteiger partial charge in [0.1, 0.15) is 4.61 Å². The molecule has 0 atom stereocenters. The van der Waals surface area contributed by atoms with Crippen LogP contribution in [0.15, 0.2) is 0 Å². The van der Waals surface area contributed by atoms with E-state index in [4.69, 9.17) is 0 Å². The molecule has 3 heteroatoms. The number of hydrogen-bond acceptors (Lipinski definition) is 2. The van der Waals surface area contributed by atoms with E-state index in [0.29, 0.717) is 4.61 Å². The van der Waals surface area contributed by atoms with Crippen molar-refractivity contribution in [3.8, 4) is 0 Å². The number of carbonyl (C=O) groups excluding carboxylic acids is 1. The van der Waals surface area contributed by atoms with Gasteiger partial charge in [-0.2, -0.15) is 0 Å². The third-order valence-corrected chi connectivity index (χ3v) is 0.980. The first-order valence-corrected chi connectivity index (χ1v) is 3.93. The van der Waals surface area contributed by atoms with Crippen LogP contribution in [0, 0.1) is 5.92 Å². The summed E-state index contributed by atoms with van der Waals surface area (Å²) in [6, 6.07) is 0. The minimum Gasteiger partial charge on any atom is -0.455 e. The minimum atomic E-state index is -0.126. The zero-order valence-electron chi connectivity index (χ0n) is 4.98. The van der Waals surface area contributed by atoms with Crippen molar-refractivity contribution in [2.24, 2.45) is 5.92 Å². The molecule has 2 nitrogen and oxygen atoms in total. The fourth-order valence-electron chi connectivity index (χ4n) is 0.220. The number of rotatable bonds is 2. The molecule has 0 aliphatic carbocycles. The van der Waals surface area contributed by atoms with E-state index < -0.39 is 0 Å². The Balaban J connectivity index is 3.33. The second-order valence-electron chi connectivity index (χ2n) is 1.73. The maximum absolute atomic E-state index is 10.5. The number of esters is 1. The first-order chi connectivity index (χ1) is 3.68. The van der Waals surface area contributed by atoms with Crippen LogP contribution in [0.25, 0.3) is 0 Å². The summed E-state index contributed by atoms with van der Waals surface area (Å²) in [6.07, 6.45) is 0. The summed E-state index contributed by atoms with van der Waals surface area (Å²) in [4.78, 5) is 10.5. The molecule has 0 saturated carbocycles. The van der Waals surface area contributed by atoms with Gasteiger partial charge in [0.05, 0.1) is 5.92 Å². The first-order valence-electron chi connectivity index (χ1n) is 2.41. The second kappa shape index (κ2) is 4.12. The van der Waals surface area contributed by atoms with Crippen molar-refractivity contribution in [3.63, 3.8) is 0 Å². The summed E-state index contributed by atoms with van der Waals surface area (Å²) in [6.45, 7) is 3.63. The van der Waals surface area contributed by atoms with E-state index in [2.05, 4.69) is 4.74 Å². The maximum atomic E-state index is 10.5. The second-order valence-corrected chi connectivity index (χ2v) is 2.35. The third kappa shape index (κ3) is 3.23. The Hall–Kier alpha value is 0.200. The molecule has 0 spiro atoms. The molecule has 0 amide bonds. The summed E-state index contributed by atoms with van der Waals surface area (Å²) in [5, 5.41) is 0. The Kier molecular flexibility index (Phi) is 4.22. The van der Waals surface area contributed by atoms with Crippen molar-refractivity contribution in [1.82, 2.24) is 0 Å². The predicted octanol–water partition coefficient (Wildman–Crippen LogP) is 1.58. The molecule has 0 aromatic carbocycles. The molecule has 0 unspecified atom stereocenters. The van der Waals surface area contributed by atoms with E-state index in [1.165, 1.54) is 0 Å². The molecule has 0 radical (unpaired) electrons. The van der Waals surface area contributed by atoms with Gasteiger partial charge in [0.2, 0.25) is 0 Å². The maximum Gasteiger partial charge on any atom is 0.309 e. The summed E-state index contributed by atoms with van der Waals surface area (Å²) >= 11 is 1.99. The molecular formula is C5H9IO2. The lowest BCUT2D eigenvalue weighted by Crippen LogP contribution is -2.09. The fourth-order valence-corrected chi connectivity index (χ4v) is 0.527. The topological polar surface area (TPSA) is 26.3 Å². The highest BCUT2D eigenvalue weighted by atomic mass is 127. The molecule has 0 aromatic rings. The van der Waals surface area contributed by atoms with Crippen LogP contribution in [-0.2, 0) is 9.53 Å². The van der Waals surface area contributed by atoms with Crippen molar-refractivity contribution in [2.45, 2.75) is 13.8 Å². The predicted molar refractivity (Wildman–Crippen MR) is 39.8 cm³/mol. The van der Waals surface area contributed by atoms with Crippen molar-refractivity contribution in [1.29, 1.82) is 0 Å². The van der Waals surface area contributed by atoms with Crippen molar-refractivity contribution in [3.05, 3.63) is 0 Å². The minimum absolute atomic E-state index is 0.00441. The van der Waals surface area contributed by atoms with Gasteiger partial charge in [-0.3, -0.25) is 4.79 Å². The average Bonchev–Trinajstić information content (AvgIpc) is 1.67. The van der Waals surface area contributed by atoms with Gasteiger partial charge in [-0.05, 0) is 22.6 Å². The molecule has 0 N–H and O–H groups in total. The molecule has 0 saturated heterocycles. The molecule has 0 heterocycles. The smallest absolute Gasteiger partial charge is 0.309 e. The van der Waals surface area contributed by atoms with Crippen LogP contribution in [0.3, 0.4) is 0 Å². The third-order valence-electron chi connectivity index (χ3n) is 0.668. The van der Waals surface area contributed by atoms with Crippen molar-refractivity contribution >= 4 is 28.6 Å². The van der Waals surface area contributed by atoms with Gasteiger partial charge >= 0.3 is 5.97 Å². The van der Waals surface area contributed by atoms with Crippen LogP contribution in [0.5, 0.6) is 0 Å². The largest absolute Gasteiger partial charge is 0.455 e. The normalized spacial score (nSPS) is 9.50. The number of hydrogen-bond donors (Lipinski definition) is 0. The summed E-state index contributed by atoms with van der Waals surface area (Å²) < 4.78 is 5.10. The Bertz CT molecular complexity index is 80.5. The van der Waals surface area contributed by atoms with E-state index in [9.17, 15) is 4.79 Å². The highest BCUT2D eigenvalue weighted by molar-refractivity contribution is 14.1. The fraction of sp³-hybridized carbons (Fsp3) is 0.800. The molecule has 0 rings (SSSR count). The van der Waals surface area contributed by atoms with Gasteiger partial charge in [-0.15, -0.1) is 0 Å². The lowest BCUT2D eigenvalue weighted by Gasteiger charge is -2.01. The van der Waals surface area contributed by atoms with E-state index >= 15 is 0 Å². The van der Waals surface area contributed by atoms with Crippen molar-refractivity contribution in [2.75, 3.05) is 4.61 Å². The van der Waals surface area contributed by atoms with Crippen LogP contribution < -0.4 is 0 Å². The van der Waals surface area contributed by atoms with E-state index in [-0.39, 0.29) is 11.9 Å². The zero-order valence-corrected chi connectivity index (χ0v) is 7.14. The van der Waals surface area contributed by atoms with Gasteiger partial charge < -0.3 is 4.74 Å². The van der Waals surface area contributed by atoms with E-state index in [1.807, 2.05) is 36.4 Å². The summed E-state index contributed by atoms with van der Waals surface area (Å²) in [5.41, 5.74) is 0. The van der Waals surface area contributed by atoms with Gasteiger partial charge in [0, 0.05) is 0 Å². The molecule has 0 aliphatic rings. The van der Waals surface area contributed by atoms with Gasteiger partial charge in [0.15, 0.2) is 0 Å². The number of halogens is 1. The molecule has 0 aromatic heterocycles. The van der Waals surface area contributed by atoms with Gasteiger partial charge in [-0.1, -0.05) is 13.8 Å². The Morgan fingerprint density at radius 3 is 2.38 bits per heavy atom. The molecule has 0 fully saturated rings. The van der Waals surface area contributed by atoms with Crippen molar-refractivity contribution < 1.29 is 9.53 Å². The van der Waals surface area contributed by atoms with Gasteiger partial charge in [0.25, 0.3) is 0 Å². The molecule has 0 bridgehead atoms. The molecule has 8 heavy (non-hydrogen) atoms. The summed E-state index contributed by atoms with van der Waals surface area (Å²) in [7, 11) is 0. The SMILES string of the molecule is CC(C)C(=O)OCI. The Morgan fingerprint density at radius 1 is 1.75 bits per heavy atom. The number of ether oxygens (including phenoxy) is 1. The molecular weight excluding hydrogens is 219 g/mol. The average molecular weight is 228 g/mol. The monoisotopic (exact) mass is 228 g/mol. The summed E-state index contributed by atoms with van der Waals surface area (Å²) in [5.74, 6) is -0.121. The quantitative estimate of drug-likeness (QED) is 0.407. The Labute approximate surface area is 62.7 Å². The highest BCUT2D eigenvalue weighted by Crippen LogP contribution is 1.96. The highest BCUT2D eigenvalue weighted by Gasteiger charge is 2.05. The lowest BCUT2D eigenvalue weighted by molar-refractivity contribution is -0.144. The molecule has 0 aliphatic heterocycles. The van der Waals surface area contributed by atoms with Crippen LogP contribution in [0.1, 0.15) is 13.8 Å². The van der Waals surface area contributed by atoms with Crippen LogP contribution in [0.4, 0.5) is 0 Å². The number of alkyl halides is 1. The van der Waals surface area contributed by atoms with Crippen LogP contribution >= 0.6 is 22.6 Å². The number of carbonyl (C=O) groups is 1. The van der Waals surface area contributed by atoms with E-state index in [0.717, 1.165) is 0 Å². The van der Waals surface area contributed by atoms with Gasteiger partial charge in [-0.25, -0.2) is 0 Å². The molecule has 48 valence electrons. The zero-order chi connectivity index (χ0) is 6.57. The Morgan fingerprint density at radius 2 is 2.25 bits per heavy atom. The lowest BCUT2D eigenvalue weighted by atomic mass is 10.2. The van der Waals surface area contributed by atoms with Crippen LogP contribution in [-0.4, -0.2) is 10.6 Å². The standard InChI is InChI=1S/C5H9IO2/c1-4(2)5(7)8-3-6/h4H,3H2,1-2H3. The van der Waals surface area contributed by atoms with Crippen LogP contribution in [0.2, 0.25) is 0 Å². The first kappa shape index (κ1) is 8.20.